The Hall–Kier alpha value is -3.11. The first kappa shape index (κ1) is 19.2. The summed E-state index contributed by atoms with van der Waals surface area (Å²) in [5.74, 6) is 0. The predicted octanol–water partition coefficient (Wildman–Crippen LogP) is 4.30. The van der Waals surface area contributed by atoms with Crippen LogP contribution in [0.1, 0.15) is 22.7 Å². The fraction of sp³-hybridized carbons (Fsp3) is 0.240. The van der Waals surface area contributed by atoms with Gasteiger partial charge in [-0.1, -0.05) is 91.0 Å². The van der Waals surface area contributed by atoms with E-state index in [1.165, 1.54) is 11.1 Å². The number of nitrogens with zero attached hydrogens (tertiary/aromatic N) is 2. The Morgan fingerprint density at radius 1 is 0.724 bits per heavy atom. The van der Waals surface area contributed by atoms with E-state index in [0.29, 0.717) is 6.54 Å². The van der Waals surface area contributed by atoms with Gasteiger partial charge in [0.15, 0.2) is 0 Å². The molecule has 0 saturated carbocycles. The number of urea groups is 1. The summed E-state index contributed by atoms with van der Waals surface area (Å²) in [6.45, 7) is 3.74. The monoisotopic (exact) mass is 385 g/mol. The molecule has 1 aliphatic heterocycles. The quantitative estimate of drug-likeness (QED) is 0.711. The van der Waals surface area contributed by atoms with Gasteiger partial charge in [-0.3, -0.25) is 4.90 Å². The van der Waals surface area contributed by atoms with Crippen molar-refractivity contribution in [1.82, 2.24) is 15.1 Å². The van der Waals surface area contributed by atoms with Gasteiger partial charge in [0.05, 0.1) is 6.04 Å². The molecule has 29 heavy (non-hydrogen) atoms. The maximum absolute atomic E-state index is 12.6. The maximum atomic E-state index is 12.6. The summed E-state index contributed by atoms with van der Waals surface area (Å²) in [5, 5.41) is 3.04. The Bertz CT molecular complexity index is 852. The van der Waals surface area contributed by atoms with Gasteiger partial charge >= 0.3 is 6.03 Å². The second-order valence-corrected chi connectivity index (χ2v) is 7.39. The van der Waals surface area contributed by atoms with Crippen LogP contribution in [0.25, 0.3) is 0 Å². The fourth-order valence-electron chi connectivity index (χ4n) is 3.95. The zero-order valence-electron chi connectivity index (χ0n) is 16.6. The molecular weight excluding hydrogens is 358 g/mol. The number of benzene rings is 3. The van der Waals surface area contributed by atoms with E-state index in [2.05, 4.69) is 70.9 Å². The maximum Gasteiger partial charge on any atom is 0.317 e. The molecule has 1 saturated heterocycles. The van der Waals surface area contributed by atoms with E-state index in [9.17, 15) is 4.79 Å². The molecule has 4 heteroatoms. The molecule has 4 rings (SSSR count). The van der Waals surface area contributed by atoms with Crippen LogP contribution in [0.5, 0.6) is 0 Å². The van der Waals surface area contributed by atoms with Crippen molar-refractivity contribution in [2.24, 2.45) is 0 Å². The first-order valence-corrected chi connectivity index (χ1v) is 10.2. The molecule has 0 unspecified atom stereocenters. The summed E-state index contributed by atoms with van der Waals surface area (Å²) in [6.07, 6.45) is 0. The number of hydrogen-bond acceptors (Lipinski definition) is 2. The second kappa shape index (κ2) is 9.39. The number of amides is 2. The molecule has 0 atom stereocenters. The van der Waals surface area contributed by atoms with Gasteiger partial charge in [0, 0.05) is 32.7 Å². The number of carbonyl (C=O) groups excluding carboxylic acids is 1. The van der Waals surface area contributed by atoms with E-state index in [4.69, 9.17) is 0 Å². The third-order valence-corrected chi connectivity index (χ3v) is 5.48. The Morgan fingerprint density at radius 2 is 1.21 bits per heavy atom. The largest absolute Gasteiger partial charge is 0.334 e. The number of rotatable bonds is 5. The van der Waals surface area contributed by atoms with Crippen LogP contribution in [0.15, 0.2) is 91.0 Å². The van der Waals surface area contributed by atoms with E-state index < -0.39 is 0 Å². The van der Waals surface area contributed by atoms with Crippen LogP contribution in [0.3, 0.4) is 0 Å². The van der Waals surface area contributed by atoms with Crippen molar-refractivity contribution in [1.29, 1.82) is 0 Å². The van der Waals surface area contributed by atoms with Gasteiger partial charge in [0.25, 0.3) is 0 Å². The highest BCUT2D eigenvalue weighted by Crippen LogP contribution is 2.29. The van der Waals surface area contributed by atoms with Crippen molar-refractivity contribution in [2.45, 2.75) is 12.6 Å². The Labute approximate surface area is 172 Å². The molecule has 4 nitrogen and oxygen atoms in total. The molecule has 1 fully saturated rings. The summed E-state index contributed by atoms with van der Waals surface area (Å²) in [7, 11) is 0. The van der Waals surface area contributed by atoms with Gasteiger partial charge in [-0.15, -0.1) is 0 Å². The molecule has 0 aliphatic carbocycles. The van der Waals surface area contributed by atoms with E-state index in [-0.39, 0.29) is 12.1 Å². The van der Waals surface area contributed by atoms with Crippen LogP contribution >= 0.6 is 0 Å². The lowest BCUT2D eigenvalue weighted by molar-refractivity contribution is 0.120. The fourth-order valence-corrected chi connectivity index (χ4v) is 3.95. The minimum atomic E-state index is 0.0180. The topological polar surface area (TPSA) is 35.6 Å². The number of hydrogen-bond donors (Lipinski definition) is 1. The van der Waals surface area contributed by atoms with E-state index in [1.807, 2.05) is 35.2 Å². The molecule has 0 spiro atoms. The normalized spacial score (nSPS) is 14.7. The van der Waals surface area contributed by atoms with Crippen LogP contribution < -0.4 is 5.32 Å². The van der Waals surface area contributed by atoms with Crippen molar-refractivity contribution in [2.75, 3.05) is 26.2 Å². The summed E-state index contributed by atoms with van der Waals surface area (Å²) >= 11 is 0. The molecular formula is C25H27N3O. The number of carbonyl (C=O) groups is 1. The third-order valence-electron chi connectivity index (χ3n) is 5.48. The van der Waals surface area contributed by atoms with E-state index in [1.54, 1.807) is 0 Å². The Balaban J connectivity index is 1.40. The SMILES string of the molecule is O=C(NCc1ccccc1)N1CCN(C(c2ccccc2)c2ccccc2)CC1. The lowest BCUT2D eigenvalue weighted by atomic mass is 9.96. The lowest BCUT2D eigenvalue weighted by Crippen LogP contribution is -2.52. The van der Waals surface area contributed by atoms with Crippen LogP contribution in [0, 0.1) is 0 Å². The third kappa shape index (κ3) is 4.84. The molecule has 0 aromatic heterocycles. The van der Waals surface area contributed by atoms with E-state index in [0.717, 1.165) is 31.7 Å². The highest BCUT2D eigenvalue weighted by molar-refractivity contribution is 5.74. The van der Waals surface area contributed by atoms with E-state index >= 15 is 0 Å². The van der Waals surface area contributed by atoms with Gasteiger partial charge in [0.1, 0.15) is 0 Å². The average Bonchev–Trinajstić information content (AvgIpc) is 2.80. The molecule has 3 aromatic carbocycles. The average molecular weight is 386 g/mol. The first-order chi connectivity index (χ1) is 14.3. The van der Waals surface area contributed by atoms with Gasteiger partial charge in [-0.2, -0.15) is 0 Å². The zero-order chi connectivity index (χ0) is 19.9. The second-order valence-electron chi connectivity index (χ2n) is 7.39. The highest BCUT2D eigenvalue weighted by atomic mass is 16.2. The molecule has 148 valence electrons. The highest BCUT2D eigenvalue weighted by Gasteiger charge is 2.27. The number of piperazine rings is 1. The molecule has 1 aliphatic rings. The van der Waals surface area contributed by atoms with Crippen LogP contribution in [0.4, 0.5) is 4.79 Å². The Morgan fingerprint density at radius 3 is 1.72 bits per heavy atom. The van der Waals surface area contributed by atoms with Crippen molar-refractivity contribution < 1.29 is 4.79 Å². The zero-order valence-corrected chi connectivity index (χ0v) is 16.6. The molecule has 0 bridgehead atoms. The minimum Gasteiger partial charge on any atom is -0.334 e. The van der Waals surface area contributed by atoms with Crippen molar-refractivity contribution in [3.05, 3.63) is 108 Å². The van der Waals surface area contributed by atoms with Crippen molar-refractivity contribution in [3.63, 3.8) is 0 Å². The number of nitrogens with one attached hydrogen (secondary N) is 1. The van der Waals surface area contributed by atoms with Crippen molar-refractivity contribution in [3.8, 4) is 0 Å². The first-order valence-electron chi connectivity index (χ1n) is 10.2. The summed E-state index contributed by atoms with van der Waals surface area (Å²) < 4.78 is 0. The van der Waals surface area contributed by atoms with Gasteiger partial charge < -0.3 is 10.2 Å². The van der Waals surface area contributed by atoms with Crippen LogP contribution in [-0.2, 0) is 6.54 Å². The molecule has 2 amide bonds. The molecule has 1 N–H and O–H groups in total. The summed E-state index contributed by atoms with van der Waals surface area (Å²) in [5.41, 5.74) is 3.70. The molecule has 0 radical (unpaired) electrons. The minimum absolute atomic E-state index is 0.0180. The smallest absolute Gasteiger partial charge is 0.317 e. The standard InChI is InChI=1S/C25H27N3O/c29-25(26-20-21-10-4-1-5-11-21)28-18-16-27(17-19-28)24(22-12-6-2-7-13-22)23-14-8-3-9-15-23/h1-15,24H,16-20H2,(H,26,29). The lowest BCUT2D eigenvalue weighted by Gasteiger charge is -2.39. The van der Waals surface area contributed by atoms with Crippen LogP contribution in [-0.4, -0.2) is 42.0 Å². The molecule has 1 heterocycles. The van der Waals surface area contributed by atoms with Gasteiger partial charge in [0.2, 0.25) is 0 Å². The van der Waals surface area contributed by atoms with Gasteiger partial charge in [-0.05, 0) is 16.7 Å². The van der Waals surface area contributed by atoms with Crippen molar-refractivity contribution >= 4 is 6.03 Å². The summed E-state index contributed by atoms with van der Waals surface area (Å²) in [6, 6.07) is 31.5. The molecule has 3 aromatic rings. The summed E-state index contributed by atoms with van der Waals surface area (Å²) in [4.78, 5) is 17.0. The van der Waals surface area contributed by atoms with Crippen LogP contribution in [0.2, 0.25) is 0 Å². The predicted molar refractivity (Wildman–Crippen MR) is 117 cm³/mol. The van der Waals surface area contributed by atoms with Gasteiger partial charge in [-0.25, -0.2) is 4.79 Å². The Kier molecular flexibility index (Phi) is 6.22.